The number of aromatic amines is 1. The maximum atomic E-state index is 5.87. The Labute approximate surface area is 153 Å². The van der Waals surface area contributed by atoms with Gasteiger partial charge in [-0.15, -0.1) is 0 Å². The summed E-state index contributed by atoms with van der Waals surface area (Å²) in [6.07, 6.45) is 1.01. The molecule has 1 saturated heterocycles. The molecule has 0 bridgehead atoms. The smallest absolute Gasteiger partial charge is 0.120 e. The molecule has 2 N–H and O–H groups in total. The largest absolute Gasteiger partial charge is 0.491 e. The Balaban J connectivity index is 1.60. The predicted molar refractivity (Wildman–Crippen MR) is 102 cm³/mol. The molecular weight excluding hydrogens is 330 g/mol. The van der Waals surface area contributed by atoms with E-state index in [0.717, 1.165) is 68.2 Å². The molecular formula is C19H27N5O2. The van der Waals surface area contributed by atoms with Crippen LogP contribution < -0.4 is 10.1 Å². The van der Waals surface area contributed by atoms with Crippen LogP contribution in [0, 0.1) is 0 Å². The Morgan fingerprint density at radius 2 is 2.12 bits per heavy atom. The number of aliphatic imine (C=N–C) groups is 1. The van der Waals surface area contributed by atoms with Crippen LogP contribution in [0.25, 0.3) is 10.9 Å². The quantitative estimate of drug-likeness (QED) is 0.880. The second-order valence-corrected chi connectivity index (χ2v) is 7.09. The molecule has 1 aromatic carbocycles. The average Bonchev–Trinajstić information content (AvgIpc) is 2.90. The molecule has 3 heterocycles. The van der Waals surface area contributed by atoms with E-state index in [0.29, 0.717) is 0 Å². The van der Waals surface area contributed by atoms with Crippen LogP contribution in [-0.2, 0) is 4.74 Å². The molecule has 140 valence electrons. The molecule has 0 spiro atoms. The molecule has 1 fully saturated rings. The second-order valence-electron chi connectivity index (χ2n) is 7.09. The molecule has 2 aliphatic heterocycles. The standard InChI is InChI=1S/C19H27N5O2/c1-13(2)26-14-3-4-16-15(11-14)19(23-22-16)17-12-18(21-6-5-20-17)24-7-9-25-10-8-24/h3-4,11,13,17,20H,5-10,12H2,1-2H3,(H,22,23). The van der Waals surface area contributed by atoms with Crippen molar-refractivity contribution in [2.24, 2.45) is 4.99 Å². The van der Waals surface area contributed by atoms with Crippen LogP contribution in [0.3, 0.4) is 0 Å². The minimum absolute atomic E-state index is 0.152. The predicted octanol–water partition coefficient (Wildman–Crippen LogP) is 2.12. The molecule has 4 rings (SSSR count). The van der Waals surface area contributed by atoms with E-state index in [1.165, 1.54) is 5.84 Å². The van der Waals surface area contributed by atoms with Crippen molar-refractivity contribution in [1.82, 2.24) is 20.4 Å². The Morgan fingerprint density at radius 3 is 2.92 bits per heavy atom. The summed E-state index contributed by atoms with van der Waals surface area (Å²) in [4.78, 5) is 7.17. The van der Waals surface area contributed by atoms with Crippen molar-refractivity contribution in [1.29, 1.82) is 0 Å². The van der Waals surface area contributed by atoms with E-state index >= 15 is 0 Å². The number of benzene rings is 1. The Bertz CT molecular complexity index is 779. The lowest BCUT2D eigenvalue weighted by Crippen LogP contribution is -2.41. The summed E-state index contributed by atoms with van der Waals surface area (Å²) in [5, 5.41) is 12.5. The molecule has 0 amide bonds. The first-order valence-corrected chi connectivity index (χ1v) is 9.45. The zero-order valence-electron chi connectivity index (χ0n) is 15.5. The molecule has 7 heteroatoms. The summed E-state index contributed by atoms with van der Waals surface area (Å²) in [6, 6.07) is 6.25. The zero-order chi connectivity index (χ0) is 17.9. The fourth-order valence-corrected chi connectivity index (χ4v) is 3.62. The molecule has 1 unspecified atom stereocenters. The molecule has 1 atom stereocenters. The second kappa shape index (κ2) is 7.63. The highest BCUT2D eigenvalue weighted by atomic mass is 16.5. The first-order chi connectivity index (χ1) is 12.7. The first kappa shape index (κ1) is 17.3. The summed E-state index contributed by atoms with van der Waals surface area (Å²) in [6.45, 7) is 9.14. The summed E-state index contributed by atoms with van der Waals surface area (Å²) in [7, 11) is 0. The maximum Gasteiger partial charge on any atom is 0.120 e. The van der Waals surface area contributed by atoms with E-state index < -0.39 is 0 Å². The molecule has 7 nitrogen and oxygen atoms in total. The fraction of sp³-hybridized carbons (Fsp3) is 0.579. The summed E-state index contributed by atoms with van der Waals surface area (Å²) in [5.74, 6) is 2.05. The van der Waals surface area contributed by atoms with Gasteiger partial charge in [0.1, 0.15) is 11.6 Å². The van der Waals surface area contributed by atoms with Crippen LogP contribution in [0.2, 0.25) is 0 Å². The number of aromatic nitrogens is 2. The van der Waals surface area contributed by atoms with E-state index in [2.05, 4.69) is 26.5 Å². The lowest BCUT2D eigenvalue weighted by atomic mass is 10.0. The third kappa shape index (κ3) is 3.68. The van der Waals surface area contributed by atoms with Gasteiger partial charge in [-0.25, -0.2) is 0 Å². The van der Waals surface area contributed by atoms with E-state index in [1.54, 1.807) is 0 Å². The van der Waals surface area contributed by atoms with Gasteiger partial charge in [-0.3, -0.25) is 10.1 Å². The fourth-order valence-electron chi connectivity index (χ4n) is 3.62. The summed E-state index contributed by atoms with van der Waals surface area (Å²) >= 11 is 0. The highest BCUT2D eigenvalue weighted by Gasteiger charge is 2.25. The van der Waals surface area contributed by atoms with Crippen molar-refractivity contribution in [2.45, 2.75) is 32.4 Å². The van der Waals surface area contributed by atoms with E-state index in [4.69, 9.17) is 14.5 Å². The maximum absolute atomic E-state index is 5.87. The minimum atomic E-state index is 0.152. The van der Waals surface area contributed by atoms with Gasteiger partial charge in [0.05, 0.1) is 43.1 Å². The number of rotatable bonds is 3. The third-order valence-electron chi connectivity index (χ3n) is 4.83. The van der Waals surface area contributed by atoms with E-state index in [1.807, 2.05) is 26.0 Å². The van der Waals surface area contributed by atoms with Crippen molar-refractivity contribution in [3.8, 4) is 5.75 Å². The van der Waals surface area contributed by atoms with Gasteiger partial charge >= 0.3 is 0 Å². The lowest BCUT2D eigenvalue weighted by molar-refractivity contribution is 0.0669. The number of hydrogen-bond acceptors (Lipinski definition) is 6. The van der Waals surface area contributed by atoms with E-state index in [-0.39, 0.29) is 12.1 Å². The van der Waals surface area contributed by atoms with Crippen LogP contribution in [0.4, 0.5) is 0 Å². The SMILES string of the molecule is CC(C)Oc1ccc2n[nH]c(C3CC(N4CCOCC4)=NCCN3)c2c1. The zero-order valence-corrected chi connectivity index (χ0v) is 15.5. The molecule has 1 aromatic heterocycles. The summed E-state index contributed by atoms with van der Waals surface area (Å²) in [5.41, 5.74) is 2.07. The first-order valence-electron chi connectivity index (χ1n) is 9.45. The highest BCUT2D eigenvalue weighted by Crippen LogP contribution is 2.29. The number of nitrogens with zero attached hydrogens (tertiary/aromatic N) is 3. The van der Waals surface area contributed by atoms with Crippen LogP contribution in [0.5, 0.6) is 5.75 Å². The third-order valence-corrected chi connectivity index (χ3v) is 4.83. The molecule has 2 aliphatic rings. The van der Waals surface area contributed by atoms with Crippen LogP contribution >= 0.6 is 0 Å². The van der Waals surface area contributed by atoms with Gasteiger partial charge in [0.2, 0.25) is 0 Å². The molecule has 0 radical (unpaired) electrons. The Kier molecular flexibility index (Phi) is 5.08. The van der Waals surface area contributed by atoms with Crippen molar-refractivity contribution in [2.75, 3.05) is 39.4 Å². The number of fused-ring (bicyclic) bond motifs is 1. The minimum Gasteiger partial charge on any atom is -0.491 e. The van der Waals surface area contributed by atoms with Crippen LogP contribution in [0.15, 0.2) is 23.2 Å². The molecule has 26 heavy (non-hydrogen) atoms. The Morgan fingerprint density at radius 1 is 1.27 bits per heavy atom. The molecule has 2 aromatic rings. The van der Waals surface area contributed by atoms with Crippen molar-refractivity contribution in [3.05, 3.63) is 23.9 Å². The normalized spacial score (nSPS) is 21.7. The number of nitrogens with one attached hydrogen (secondary N) is 2. The molecule has 0 aliphatic carbocycles. The van der Waals surface area contributed by atoms with Crippen LogP contribution in [-0.4, -0.2) is 66.4 Å². The van der Waals surface area contributed by atoms with Gasteiger partial charge < -0.3 is 19.7 Å². The average molecular weight is 357 g/mol. The van der Waals surface area contributed by atoms with Crippen LogP contribution in [0.1, 0.15) is 32.0 Å². The summed E-state index contributed by atoms with van der Waals surface area (Å²) < 4.78 is 11.3. The Hall–Kier alpha value is -2.12. The lowest BCUT2D eigenvalue weighted by Gasteiger charge is -2.30. The van der Waals surface area contributed by atoms with Gasteiger partial charge in [-0.2, -0.15) is 5.10 Å². The van der Waals surface area contributed by atoms with Gasteiger partial charge in [0.15, 0.2) is 0 Å². The topological polar surface area (TPSA) is 74.8 Å². The number of amidine groups is 1. The van der Waals surface area contributed by atoms with E-state index in [9.17, 15) is 0 Å². The number of morpholine rings is 1. The van der Waals surface area contributed by atoms with Crippen molar-refractivity contribution < 1.29 is 9.47 Å². The van der Waals surface area contributed by atoms with Gasteiger partial charge in [0, 0.05) is 31.4 Å². The number of hydrogen-bond donors (Lipinski definition) is 2. The van der Waals surface area contributed by atoms with Crippen molar-refractivity contribution >= 4 is 16.7 Å². The van der Waals surface area contributed by atoms with Gasteiger partial charge in [0.25, 0.3) is 0 Å². The highest BCUT2D eigenvalue weighted by molar-refractivity contribution is 5.86. The van der Waals surface area contributed by atoms with Gasteiger partial charge in [-0.05, 0) is 32.0 Å². The number of ether oxygens (including phenoxy) is 2. The molecule has 0 saturated carbocycles. The van der Waals surface area contributed by atoms with Crippen molar-refractivity contribution in [3.63, 3.8) is 0 Å². The number of H-pyrrole nitrogens is 1. The monoisotopic (exact) mass is 357 g/mol. The van der Waals surface area contributed by atoms with Gasteiger partial charge in [-0.1, -0.05) is 0 Å².